The Balaban J connectivity index is 2.37. The van der Waals surface area contributed by atoms with Crippen LogP contribution in [0, 0.1) is 3.57 Å². The second kappa shape index (κ2) is 6.01. The Labute approximate surface area is 138 Å². The maximum absolute atomic E-state index is 6.04. The number of benzene rings is 1. The summed E-state index contributed by atoms with van der Waals surface area (Å²) in [5, 5.41) is 4.67. The fourth-order valence-corrected chi connectivity index (χ4v) is 2.80. The summed E-state index contributed by atoms with van der Waals surface area (Å²) in [6, 6.07) is 6.99. The predicted octanol–water partition coefficient (Wildman–Crippen LogP) is 6.04. The van der Waals surface area contributed by atoms with Crippen LogP contribution in [0.25, 0.3) is 0 Å². The molecular weight excluding hydrogens is 429 g/mol. The van der Waals surface area contributed by atoms with E-state index < -0.39 is 0 Å². The van der Waals surface area contributed by atoms with Gasteiger partial charge in [0.05, 0.1) is 15.7 Å². The number of anilines is 2. The first kappa shape index (κ1) is 14.5. The predicted molar refractivity (Wildman–Crippen MR) is 86.7 cm³/mol. The van der Waals surface area contributed by atoms with E-state index >= 15 is 0 Å². The lowest BCUT2D eigenvalue weighted by Gasteiger charge is -2.10. The molecule has 0 spiro atoms. The van der Waals surface area contributed by atoms with E-state index in [1.807, 2.05) is 12.1 Å². The van der Waals surface area contributed by atoms with Gasteiger partial charge in [-0.25, -0.2) is 4.98 Å². The van der Waals surface area contributed by atoms with Gasteiger partial charge in [0.1, 0.15) is 5.15 Å². The van der Waals surface area contributed by atoms with Gasteiger partial charge in [0.25, 0.3) is 0 Å². The molecule has 1 N–H and O–H groups in total. The van der Waals surface area contributed by atoms with Crippen LogP contribution in [0.4, 0.5) is 11.5 Å². The van der Waals surface area contributed by atoms with Crippen molar-refractivity contribution in [3.8, 4) is 0 Å². The zero-order valence-corrected chi connectivity index (χ0v) is 13.8. The average molecular weight is 434 g/mol. The number of aromatic nitrogens is 1. The zero-order chi connectivity index (χ0) is 13.3. The van der Waals surface area contributed by atoms with Gasteiger partial charge in [0, 0.05) is 8.59 Å². The van der Waals surface area contributed by atoms with Crippen LogP contribution in [0.2, 0.25) is 20.2 Å². The Morgan fingerprint density at radius 3 is 2.39 bits per heavy atom. The number of pyridine rings is 1. The van der Waals surface area contributed by atoms with Crippen molar-refractivity contribution in [3.05, 3.63) is 48.1 Å². The van der Waals surface area contributed by atoms with Crippen molar-refractivity contribution in [1.29, 1.82) is 0 Å². The molecule has 2 aromatic rings. The summed E-state index contributed by atoms with van der Waals surface area (Å²) in [6.07, 6.45) is 0. The van der Waals surface area contributed by atoms with Crippen molar-refractivity contribution in [1.82, 2.24) is 4.98 Å². The molecule has 0 saturated heterocycles. The third-order valence-electron chi connectivity index (χ3n) is 2.07. The van der Waals surface area contributed by atoms with Gasteiger partial charge in [-0.15, -0.1) is 0 Å². The van der Waals surface area contributed by atoms with Crippen LogP contribution in [0.15, 0.2) is 24.3 Å². The van der Waals surface area contributed by atoms with E-state index in [4.69, 9.17) is 46.4 Å². The number of nitrogens with one attached hydrogen (secondary N) is 1. The molecule has 94 valence electrons. The van der Waals surface area contributed by atoms with E-state index in [0.717, 1.165) is 9.26 Å². The van der Waals surface area contributed by atoms with Crippen LogP contribution in [0.3, 0.4) is 0 Å². The fraction of sp³-hybridized carbons (Fsp3) is 0. The molecule has 0 bridgehead atoms. The molecule has 1 aromatic heterocycles. The zero-order valence-electron chi connectivity index (χ0n) is 8.65. The molecule has 18 heavy (non-hydrogen) atoms. The summed E-state index contributed by atoms with van der Waals surface area (Å²) in [4.78, 5) is 4.09. The van der Waals surface area contributed by atoms with Crippen molar-refractivity contribution in [3.63, 3.8) is 0 Å². The van der Waals surface area contributed by atoms with Crippen LogP contribution < -0.4 is 5.32 Å². The largest absolute Gasteiger partial charge is 0.338 e. The van der Waals surface area contributed by atoms with Crippen molar-refractivity contribution in [2.45, 2.75) is 0 Å². The Bertz CT molecular complexity index is 604. The monoisotopic (exact) mass is 432 g/mol. The summed E-state index contributed by atoms with van der Waals surface area (Å²) in [5.41, 5.74) is 0.841. The first-order valence-corrected chi connectivity index (χ1v) is 7.30. The molecule has 2 rings (SSSR count). The summed E-state index contributed by atoms with van der Waals surface area (Å²) in [7, 11) is 0. The second-order valence-corrected chi connectivity index (χ2v) is 6.11. The molecule has 0 amide bonds. The van der Waals surface area contributed by atoms with E-state index in [0.29, 0.717) is 20.9 Å². The maximum atomic E-state index is 6.04. The lowest BCUT2D eigenvalue weighted by molar-refractivity contribution is 1.30. The number of hydrogen-bond acceptors (Lipinski definition) is 2. The molecule has 0 radical (unpaired) electrons. The van der Waals surface area contributed by atoms with Crippen molar-refractivity contribution in [2.24, 2.45) is 0 Å². The highest BCUT2D eigenvalue weighted by atomic mass is 127. The van der Waals surface area contributed by atoms with E-state index in [2.05, 4.69) is 32.9 Å². The molecule has 0 unspecified atom stereocenters. The highest BCUT2D eigenvalue weighted by molar-refractivity contribution is 14.1. The van der Waals surface area contributed by atoms with Crippen LogP contribution in [0.1, 0.15) is 0 Å². The molecule has 0 fully saturated rings. The summed E-state index contributed by atoms with van der Waals surface area (Å²) >= 11 is 25.8. The highest BCUT2D eigenvalue weighted by Gasteiger charge is 2.09. The standard InChI is InChI=1S/C11H5Cl4IN2/c12-5-1-2-9(8(16)3-5)17-11-7(14)4-6(13)10(15)18-11/h1-4H,(H,17,18). The molecule has 0 saturated carbocycles. The molecule has 7 heteroatoms. The highest BCUT2D eigenvalue weighted by Crippen LogP contribution is 2.32. The minimum Gasteiger partial charge on any atom is -0.338 e. The quantitative estimate of drug-likeness (QED) is 0.461. The molecule has 0 aliphatic rings. The minimum atomic E-state index is 0.201. The van der Waals surface area contributed by atoms with Crippen LogP contribution in [-0.2, 0) is 0 Å². The van der Waals surface area contributed by atoms with Crippen LogP contribution in [-0.4, -0.2) is 4.98 Å². The smallest absolute Gasteiger partial charge is 0.151 e. The van der Waals surface area contributed by atoms with Gasteiger partial charge >= 0.3 is 0 Å². The Kier molecular flexibility index (Phi) is 4.83. The second-order valence-electron chi connectivity index (χ2n) is 3.34. The minimum absolute atomic E-state index is 0.201. The van der Waals surface area contributed by atoms with E-state index in [1.165, 1.54) is 0 Å². The Hall–Kier alpha value is 0.0600. The average Bonchev–Trinajstić information content (AvgIpc) is 2.29. The molecule has 1 aromatic carbocycles. The van der Waals surface area contributed by atoms with Crippen molar-refractivity contribution < 1.29 is 0 Å². The fourth-order valence-electron chi connectivity index (χ4n) is 1.25. The molecule has 2 nitrogen and oxygen atoms in total. The molecule has 0 aliphatic heterocycles. The van der Waals surface area contributed by atoms with Crippen molar-refractivity contribution in [2.75, 3.05) is 5.32 Å². The van der Waals surface area contributed by atoms with Crippen LogP contribution in [0.5, 0.6) is 0 Å². The summed E-state index contributed by atoms with van der Waals surface area (Å²) in [5.74, 6) is 0.450. The van der Waals surface area contributed by atoms with Gasteiger partial charge in [-0.3, -0.25) is 0 Å². The van der Waals surface area contributed by atoms with E-state index in [1.54, 1.807) is 12.1 Å². The summed E-state index contributed by atoms with van der Waals surface area (Å²) in [6.45, 7) is 0. The first-order chi connectivity index (χ1) is 8.47. The molecule has 0 aliphatic carbocycles. The molecule has 0 atom stereocenters. The van der Waals surface area contributed by atoms with Gasteiger partial charge in [0.2, 0.25) is 0 Å². The number of halogens is 5. The molecular formula is C11H5Cl4IN2. The van der Waals surface area contributed by atoms with Gasteiger partial charge in [-0.05, 0) is 46.9 Å². The van der Waals surface area contributed by atoms with Gasteiger partial charge in [0.15, 0.2) is 5.82 Å². The number of nitrogens with zero attached hydrogens (tertiary/aromatic N) is 1. The SMILES string of the molecule is Clc1ccc(Nc2nc(Cl)c(Cl)cc2Cl)c(I)c1. The van der Waals surface area contributed by atoms with Gasteiger partial charge in [-0.1, -0.05) is 46.4 Å². The van der Waals surface area contributed by atoms with Gasteiger partial charge < -0.3 is 5.32 Å². The van der Waals surface area contributed by atoms with Gasteiger partial charge in [-0.2, -0.15) is 0 Å². The first-order valence-electron chi connectivity index (χ1n) is 4.71. The lowest BCUT2D eigenvalue weighted by Crippen LogP contribution is -1.97. The Morgan fingerprint density at radius 1 is 1.00 bits per heavy atom. The van der Waals surface area contributed by atoms with Crippen molar-refractivity contribution >= 4 is 80.5 Å². The third kappa shape index (κ3) is 3.33. The normalized spacial score (nSPS) is 10.5. The topological polar surface area (TPSA) is 24.9 Å². The van der Waals surface area contributed by atoms with E-state index in [9.17, 15) is 0 Å². The molecule has 1 heterocycles. The Morgan fingerprint density at radius 2 is 1.72 bits per heavy atom. The third-order valence-corrected chi connectivity index (χ3v) is 4.16. The van der Waals surface area contributed by atoms with Crippen LogP contribution >= 0.6 is 69.0 Å². The maximum Gasteiger partial charge on any atom is 0.151 e. The summed E-state index contributed by atoms with van der Waals surface area (Å²) < 4.78 is 0.948. The number of hydrogen-bond donors (Lipinski definition) is 1. The lowest BCUT2D eigenvalue weighted by atomic mass is 10.3. The van der Waals surface area contributed by atoms with E-state index in [-0.39, 0.29) is 5.15 Å². The number of rotatable bonds is 2.